The van der Waals surface area contributed by atoms with Gasteiger partial charge in [-0.3, -0.25) is 4.79 Å². The Morgan fingerprint density at radius 2 is 1.85 bits per heavy atom. The Bertz CT molecular complexity index is 454. The highest BCUT2D eigenvalue weighted by atomic mass is 32.2. The first-order valence-corrected chi connectivity index (χ1v) is 7.46. The first-order chi connectivity index (χ1) is 9.28. The van der Waals surface area contributed by atoms with Crippen LogP contribution < -0.4 is 5.32 Å². The summed E-state index contributed by atoms with van der Waals surface area (Å²) < 4.78 is -0.0184. The molecule has 0 bridgehead atoms. The molecule has 4 nitrogen and oxygen atoms in total. The molecule has 0 saturated carbocycles. The minimum atomic E-state index is -1.01. The van der Waals surface area contributed by atoms with Crippen LogP contribution in [-0.4, -0.2) is 33.5 Å². The van der Waals surface area contributed by atoms with Crippen molar-refractivity contribution in [3.63, 3.8) is 0 Å². The van der Waals surface area contributed by atoms with Crippen molar-refractivity contribution in [3.8, 4) is 0 Å². The van der Waals surface area contributed by atoms with E-state index >= 15 is 0 Å². The van der Waals surface area contributed by atoms with E-state index in [4.69, 9.17) is 0 Å². The van der Waals surface area contributed by atoms with E-state index in [1.807, 2.05) is 51.1 Å². The molecular formula is C15H21NO3S. The Hall–Kier alpha value is -1.49. The number of benzene rings is 1. The summed E-state index contributed by atoms with van der Waals surface area (Å²) in [6, 6.07) is 8.40. The minimum absolute atomic E-state index is 0.0184. The Balaban J connectivity index is 2.55. The monoisotopic (exact) mass is 295 g/mol. The van der Waals surface area contributed by atoms with Crippen LogP contribution in [-0.2, 0) is 16.0 Å². The molecule has 0 spiro atoms. The predicted octanol–water partition coefficient (Wildman–Crippen LogP) is 2.33. The zero-order chi connectivity index (χ0) is 15.2. The average Bonchev–Trinajstić information content (AvgIpc) is 2.36. The van der Waals surface area contributed by atoms with Crippen molar-refractivity contribution in [2.45, 2.75) is 38.0 Å². The fourth-order valence-electron chi connectivity index (χ4n) is 1.57. The summed E-state index contributed by atoms with van der Waals surface area (Å²) in [5.74, 6) is -0.988. The maximum absolute atomic E-state index is 11.8. The van der Waals surface area contributed by atoms with E-state index < -0.39 is 12.0 Å². The van der Waals surface area contributed by atoms with Crippen LogP contribution in [0.2, 0.25) is 0 Å². The lowest BCUT2D eigenvalue weighted by molar-refractivity contribution is -0.141. The second-order valence-electron chi connectivity index (χ2n) is 5.55. The van der Waals surface area contributed by atoms with Crippen molar-refractivity contribution in [1.29, 1.82) is 0 Å². The van der Waals surface area contributed by atoms with Gasteiger partial charge in [0.2, 0.25) is 5.91 Å². The fraction of sp³-hybridized carbons (Fsp3) is 0.467. The van der Waals surface area contributed by atoms with E-state index in [1.54, 1.807) is 0 Å². The van der Waals surface area contributed by atoms with E-state index in [2.05, 4.69) is 5.32 Å². The largest absolute Gasteiger partial charge is 0.480 e. The molecule has 1 aromatic rings. The lowest BCUT2D eigenvalue weighted by atomic mass is 10.1. The maximum Gasteiger partial charge on any atom is 0.326 e. The Morgan fingerprint density at radius 1 is 1.25 bits per heavy atom. The summed E-state index contributed by atoms with van der Waals surface area (Å²) >= 11 is 1.50. The second-order valence-corrected chi connectivity index (χ2v) is 7.35. The van der Waals surface area contributed by atoms with Gasteiger partial charge in [-0.25, -0.2) is 4.79 Å². The molecule has 1 unspecified atom stereocenters. The number of hydrogen-bond acceptors (Lipinski definition) is 3. The van der Waals surface area contributed by atoms with Crippen molar-refractivity contribution >= 4 is 23.6 Å². The normalized spacial score (nSPS) is 12.8. The molecule has 2 N–H and O–H groups in total. The number of amides is 1. The van der Waals surface area contributed by atoms with Gasteiger partial charge in [-0.15, -0.1) is 11.8 Å². The molecule has 1 atom stereocenters. The SMILES string of the molecule is CC(C)(C)SCC(=O)NC(Cc1ccccc1)C(=O)O. The van der Waals surface area contributed by atoms with Gasteiger partial charge in [0, 0.05) is 11.2 Å². The highest BCUT2D eigenvalue weighted by molar-refractivity contribution is 8.01. The number of carboxylic acids is 1. The van der Waals surface area contributed by atoms with Crippen molar-refractivity contribution < 1.29 is 14.7 Å². The number of nitrogens with one attached hydrogen (secondary N) is 1. The van der Waals surface area contributed by atoms with Crippen molar-refractivity contribution in [2.24, 2.45) is 0 Å². The molecule has 0 heterocycles. The van der Waals surface area contributed by atoms with E-state index in [-0.39, 0.29) is 16.4 Å². The van der Waals surface area contributed by atoms with Gasteiger partial charge in [-0.05, 0) is 5.56 Å². The van der Waals surface area contributed by atoms with E-state index in [0.717, 1.165) is 5.56 Å². The third-order valence-corrected chi connectivity index (χ3v) is 3.82. The molecule has 1 rings (SSSR count). The summed E-state index contributed by atoms with van der Waals surface area (Å²) in [6.07, 6.45) is 0.294. The summed E-state index contributed by atoms with van der Waals surface area (Å²) in [5, 5.41) is 11.8. The van der Waals surface area contributed by atoms with Crippen molar-refractivity contribution in [3.05, 3.63) is 35.9 Å². The van der Waals surface area contributed by atoms with Gasteiger partial charge in [-0.1, -0.05) is 51.1 Å². The first-order valence-electron chi connectivity index (χ1n) is 6.48. The van der Waals surface area contributed by atoms with Gasteiger partial charge in [0.25, 0.3) is 0 Å². The van der Waals surface area contributed by atoms with Gasteiger partial charge >= 0.3 is 5.97 Å². The molecule has 0 aliphatic rings. The molecule has 1 amide bonds. The predicted molar refractivity (Wildman–Crippen MR) is 81.9 cm³/mol. The van der Waals surface area contributed by atoms with E-state index in [0.29, 0.717) is 6.42 Å². The van der Waals surface area contributed by atoms with Crippen LogP contribution in [0.4, 0.5) is 0 Å². The van der Waals surface area contributed by atoms with Gasteiger partial charge in [-0.2, -0.15) is 0 Å². The topological polar surface area (TPSA) is 66.4 Å². The Kier molecular flexibility index (Phi) is 6.07. The number of aliphatic carboxylic acids is 1. The van der Waals surface area contributed by atoms with Gasteiger partial charge < -0.3 is 10.4 Å². The minimum Gasteiger partial charge on any atom is -0.480 e. The summed E-state index contributed by atoms with van der Waals surface area (Å²) in [5.41, 5.74) is 0.892. The van der Waals surface area contributed by atoms with Crippen LogP contribution in [0.5, 0.6) is 0 Å². The number of thioether (sulfide) groups is 1. The average molecular weight is 295 g/mol. The summed E-state index contributed by atoms with van der Waals surface area (Å²) in [4.78, 5) is 23.0. The summed E-state index contributed by atoms with van der Waals surface area (Å²) in [7, 11) is 0. The molecule has 0 aliphatic heterocycles. The highest BCUT2D eigenvalue weighted by Gasteiger charge is 2.21. The smallest absolute Gasteiger partial charge is 0.326 e. The maximum atomic E-state index is 11.8. The van der Waals surface area contributed by atoms with Crippen LogP contribution in [0, 0.1) is 0 Å². The van der Waals surface area contributed by atoms with Gasteiger partial charge in [0.05, 0.1) is 5.75 Å². The second kappa shape index (κ2) is 7.33. The van der Waals surface area contributed by atoms with Gasteiger partial charge in [0.15, 0.2) is 0 Å². The zero-order valence-corrected chi connectivity index (χ0v) is 12.9. The van der Waals surface area contributed by atoms with Crippen LogP contribution in [0.1, 0.15) is 26.3 Å². The van der Waals surface area contributed by atoms with Crippen LogP contribution in [0.3, 0.4) is 0 Å². The van der Waals surface area contributed by atoms with E-state index in [1.165, 1.54) is 11.8 Å². The number of rotatable bonds is 6. The van der Waals surface area contributed by atoms with Crippen molar-refractivity contribution in [1.82, 2.24) is 5.32 Å². The third-order valence-electron chi connectivity index (χ3n) is 2.55. The molecule has 110 valence electrons. The quantitative estimate of drug-likeness (QED) is 0.845. The standard InChI is InChI=1S/C15H21NO3S/c1-15(2,3)20-10-13(17)16-12(14(18)19)9-11-7-5-4-6-8-11/h4-8,12H,9-10H2,1-3H3,(H,16,17)(H,18,19). The number of hydrogen-bond donors (Lipinski definition) is 2. The highest BCUT2D eigenvalue weighted by Crippen LogP contribution is 2.22. The Morgan fingerprint density at radius 3 is 2.35 bits per heavy atom. The van der Waals surface area contributed by atoms with E-state index in [9.17, 15) is 14.7 Å². The fourth-order valence-corrected chi connectivity index (χ4v) is 2.22. The summed E-state index contributed by atoms with van der Waals surface area (Å²) in [6.45, 7) is 6.05. The Labute approximate surface area is 124 Å². The van der Waals surface area contributed by atoms with Crippen LogP contribution in [0.15, 0.2) is 30.3 Å². The van der Waals surface area contributed by atoms with Crippen LogP contribution in [0.25, 0.3) is 0 Å². The van der Waals surface area contributed by atoms with Gasteiger partial charge in [0.1, 0.15) is 6.04 Å². The number of carbonyl (C=O) groups excluding carboxylic acids is 1. The number of carboxylic acid groups (broad SMARTS) is 1. The number of carbonyl (C=O) groups is 2. The first kappa shape index (κ1) is 16.6. The lowest BCUT2D eigenvalue weighted by Gasteiger charge is -2.19. The van der Waals surface area contributed by atoms with Crippen LogP contribution >= 0.6 is 11.8 Å². The molecular weight excluding hydrogens is 274 g/mol. The molecule has 0 aliphatic carbocycles. The molecule has 0 saturated heterocycles. The third kappa shape index (κ3) is 6.61. The molecule has 5 heteroatoms. The molecule has 20 heavy (non-hydrogen) atoms. The molecule has 0 fully saturated rings. The van der Waals surface area contributed by atoms with Crippen molar-refractivity contribution in [2.75, 3.05) is 5.75 Å². The molecule has 0 radical (unpaired) electrons. The molecule has 0 aromatic heterocycles. The lowest BCUT2D eigenvalue weighted by Crippen LogP contribution is -2.43. The zero-order valence-electron chi connectivity index (χ0n) is 12.1. The molecule has 1 aromatic carbocycles.